The normalized spacial score (nSPS) is 17.8. The molecule has 0 saturated carbocycles. The molecule has 0 bridgehead atoms. The summed E-state index contributed by atoms with van der Waals surface area (Å²) in [5.74, 6) is 1.41. The molecule has 7 aromatic rings. The maximum Gasteiger partial charge on any atom is 0.616 e. The van der Waals surface area contributed by atoms with E-state index in [9.17, 15) is 4.57 Å². The third kappa shape index (κ3) is 16.7. The van der Waals surface area contributed by atoms with Gasteiger partial charge in [0.25, 0.3) is 0 Å². The highest BCUT2D eigenvalue weighted by atomic mass is 31.1. The Bertz CT molecular complexity index is 2810. The molecule has 0 amide bonds. The molecule has 5 unspecified atom stereocenters. The fraction of sp³-hybridized carbons (Fsp3) is 0.373. The summed E-state index contributed by atoms with van der Waals surface area (Å²) >= 11 is 0. The molecule has 14 heteroatoms. The van der Waals surface area contributed by atoms with E-state index in [2.05, 4.69) is 12.1 Å². The summed E-state index contributed by atoms with van der Waals surface area (Å²) in [7, 11) is 0.990. The SMILES string of the molecule is CC[C@H]1O[C@@H](OCC(OCc2ccccc2)C(OCc2ccccc2)C(COC(c2ccccc2)(c2ccc(OC)cc2)c2ccc(OC)cc2)OCc2ccccc2)C(OCOCc2ccccc2)[C@H]1O[P+](=O)N(C(C)C)C(C)C. The zero-order chi connectivity index (χ0) is 56.8. The highest BCUT2D eigenvalue weighted by Crippen LogP contribution is 2.44. The van der Waals surface area contributed by atoms with Crippen molar-refractivity contribution < 1.29 is 56.5 Å². The lowest BCUT2D eigenvalue weighted by atomic mass is 9.80. The molecule has 8 rings (SSSR count). The van der Waals surface area contributed by atoms with Crippen molar-refractivity contribution in [2.45, 2.75) is 128 Å². The van der Waals surface area contributed by atoms with Crippen LogP contribution >= 0.6 is 8.18 Å². The Morgan fingerprint density at radius 3 is 1.37 bits per heavy atom. The van der Waals surface area contributed by atoms with E-state index in [0.717, 1.165) is 38.9 Å². The lowest BCUT2D eigenvalue weighted by Gasteiger charge is -2.39. The van der Waals surface area contributed by atoms with Gasteiger partial charge in [0.1, 0.15) is 48.3 Å². The second-order valence-electron chi connectivity index (χ2n) is 20.5. The van der Waals surface area contributed by atoms with Gasteiger partial charge in [0.2, 0.25) is 0 Å². The number of benzene rings is 7. The molecule has 0 spiro atoms. The van der Waals surface area contributed by atoms with Gasteiger partial charge in [-0.15, -0.1) is 4.52 Å². The topological polar surface area (TPSA) is 122 Å². The lowest BCUT2D eigenvalue weighted by molar-refractivity contribution is -0.231. The molecule has 7 aromatic carbocycles. The quantitative estimate of drug-likeness (QED) is 0.0168. The van der Waals surface area contributed by atoms with E-state index in [4.69, 9.17) is 51.9 Å². The van der Waals surface area contributed by atoms with Gasteiger partial charge in [0.05, 0.1) is 72.0 Å². The van der Waals surface area contributed by atoms with Crippen LogP contribution in [0, 0.1) is 0 Å². The molecule has 1 saturated heterocycles. The Balaban J connectivity index is 1.20. The molecule has 0 aliphatic carbocycles. The molecule has 1 heterocycles. The summed E-state index contributed by atoms with van der Waals surface area (Å²) in [4.78, 5) is 0. The third-order valence-corrected chi connectivity index (χ3v) is 16.0. The van der Waals surface area contributed by atoms with E-state index in [1.165, 1.54) is 0 Å². The summed E-state index contributed by atoms with van der Waals surface area (Å²) in [6, 6.07) is 65.9. The van der Waals surface area contributed by atoms with Gasteiger partial charge >= 0.3 is 8.18 Å². The first-order valence-electron chi connectivity index (χ1n) is 28.0. The van der Waals surface area contributed by atoms with E-state index >= 15 is 0 Å². The molecule has 0 aromatic heterocycles. The number of nitrogens with zero attached hydrogens (tertiary/aromatic N) is 1. The smallest absolute Gasteiger partial charge is 0.497 e. The van der Waals surface area contributed by atoms with Crippen molar-refractivity contribution in [3.8, 4) is 11.5 Å². The van der Waals surface area contributed by atoms with Crippen LogP contribution < -0.4 is 9.47 Å². The molecular formula is C67H79NO12P+. The Labute approximate surface area is 480 Å². The predicted molar refractivity (Wildman–Crippen MR) is 314 cm³/mol. The fourth-order valence-corrected chi connectivity index (χ4v) is 11.5. The van der Waals surface area contributed by atoms with Crippen molar-refractivity contribution in [1.29, 1.82) is 0 Å². The summed E-state index contributed by atoms with van der Waals surface area (Å²) in [6.07, 6.45) is -5.18. The van der Waals surface area contributed by atoms with Gasteiger partial charge in [-0.3, -0.25) is 0 Å². The van der Waals surface area contributed by atoms with Gasteiger partial charge in [-0.1, -0.05) is 188 Å². The molecular weight excluding hydrogens is 1040 g/mol. The first kappa shape index (κ1) is 60.9. The summed E-state index contributed by atoms with van der Waals surface area (Å²) in [5, 5.41) is 0. The molecule has 81 heavy (non-hydrogen) atoms. The minimum Gasteiger partial charge on any atom is -0.497 e. The van der Waals surface area contributed by atoms with Crippen LogP contribution in [0.4, 0.5) is 0 Å². The third-order valence-electron chi connectivity index (χ3n) is 14.3. The van der Waals surface area contributed by atoms with Crippen molar-refractivity contribution in [2.75, 3.05) is 34.2 Å². The highest BCUT2D eigenvalue weighted by molar-refractivity contribution is 7.36. The standard InChI is InChI=1S/C67H79NO12P/c1-8-60-64(80-81(69)68(49(2)3)50(4)5)65(77-48-72-42-51-24-14-9-15-25-51)66(79-60)76-46-61(73-43-52-26-16-10-17-27-52)63(75-45-54-30-20-12-21-31-54)62(74-44-53-28-18-11-19-29-53)47-78-67(55-32-22-13-23-33-55,56-34-38-58(70-6)39-35-56)57-36-40-59(71-7)41-37-57/h9-41,49-50,60-66H,8,42-48H2,1-7H3/q+1/t60-,61?,62?,63?,64+,65?,66-/m1/s1. The molecule has 8 atom stereocenters. The van der Waals surface area contributed by atoms with Gasteiger partial charge in [-0.2, -0.15) is 0 Å². The number of hydrogen-bond donors (Lipinski definition) is 0. The fourth-order valence-electron chi connectivity index (χ4n) is 10.2. The highest BCUT2D eigenvalue weighted by Gasteiger charge is 2.53. The van der Waals surface area contributed by atoms with Crippen LogP contribution in [0.5, 0.6) is 11.5 Å². The van der Waals surface area contributed by atoms with Crippen LogP contribution in [0.1, 0.15) is 80.0 Å². The van der Waals surface area contributed by atoms with E-state index in [0.29, 0.717) is 24.5 Å². The van der Waals surface area contributed by atoms with Crippen molar-refractivity contribution in [1.82, 2.24) is 4.67 Å². The molecule has 1 aliphatic rings. The second-order valence-corrected chi connectivity index (χ2v) is 21.6. The summed E-state index contributed by atoms with van der Waals surface area (Å²) < 4.78 is 89.7. The minimum absolute atomic E-state index is 0.00205. The predicted octanol–water partition coefficient (Wildman–Crippen LogP) is 13.6. The molecule has 428 valence electrons. The van der Waals surface area contributed by atoms with Crippen molar-refractivity contribution >= 4 is 8.18 Å². The zero-order valence-corrected chi connectivity index (χ0v) is 48.6. The van der Waals surface area contributed by atoms with Crippen LogP contribution in [0.3, 0.4) is 0 Å². The average molecular weight is 1120 g/mol. The van der Waals surface area contributed by atoms with Crippen molar-refractivity contribution in [3.05, 3.63) is 239 Å². The van der Waals surface area contributed by atoms with Crippen LogP contribution in [0.15, 0.2) is 200 Å². The van der Waals surface area contributed by atoms with Gasteiger partial charge in [0.15, 0.2) is 12.4 Å². The largest absolute Gasteiger partial charge is 0.616 e. The maximum absolute atomic E-state index is 14.3. The number of ether oxygens (including phenoxy) is 10. The number of methoxy groups -OCH3 is 2. The van der Waals surface area contributed by atoms with Gasteiger partial charge < -0.3 is 47.4 Å². The summed E-state index contributed by atoms with van der Waals surface area (Å²) in [6.45, 7) is 10.8. The van der Waals surface area contributed by atoms with E-state index in [1.807, 2.05) is 227 Å². The Morgan fingerprint density at radius 2 is 0.926 bits per heavy atom. The molecule has 0 N–H and O–H groups in total. The van der Waals surface area contributed by atoms with Gasteiger partial charge in [-0.05, 0) is 102 Å². The zero-order valence-electron chi connectivity index (χ0n) is 47.7. The number of hydrogen-bond acceptors (Lipinski definition) is 12. The second kappa shape index (κ2) is 31.3. The lowest BCUT2D eigenvalue weighted by Crippen LogP contribution is -2.49. The van der Waals surface area contributed by atoms with Crippen LogP contribution in [0.2, 0.25) is 0 Å². The van der Waals surface area contributed by atoms with Gasteiger partial charge in [0, 0.05) is 0 Å². The molecule has 1 aliphatic heterocycles. The number of rotatable bonds is 33. The van der Waals surface area contributed by atoms with Crippen LogP contribution in [0.25, 0.3) is 0 Å². The van der Waals surface area contributed by atoms with E-state index in [1.54, 1.807) is 14.2 Å². The van der Waals surface area contributed by atoms with Crippen molar-refractivity contribution in [3.63, 3.8) is 0 Å². The summed E-state index contributed by atoms with van der Waals surface area (Å²) in [5.41, 5.74) is 5.24. The van der Waals surface area contributed by atoms with Crippen LogP contribution in [-0.2, 0) is 79.0 Å². The molecule has 13 nitrogen and oxygen atoms in total. The maximum atomic E-state index is 14.3. The first-order valence-corrected chi connectivity index (χ1v) is 29.1. The average Bonchev–Trinajstić information content (AvgIpc) is 3.98. The molecule has 0 radical (unpaired) electrons. The minimum atomic E-state index is -2.32. The Hall–Kier alpha value is -6.16. The van der Waals surface area contributed by atoms with Crippen molar-refractivity contribution in [2.24, 2.45) is 0 Å². The first-order chi connectivity index (χ1) is 39.6. The van der Waals surface area contributed by atoms with Gasteiger partial charge in [-0.25, -0.2) is 0 Å². The Kier molecular flexibility index (Phi) is 23.6. The molecule has 1 fully saturated rings. The Morgan fingerprint density at radius 1 is 0.506 bits per heavy atom. The van der Waals surface area contributed by atoms with E-state index < -0.39 is 56.7 Å². The van der Waals surface area contributed by atoms with E-state index in [-0.39, 0.29) is 51.9 Å². The van der Waals surface area contributed by atoms with Crippen LogP contribution in [-0.4, -0.2) is 93.9 Å². The monoisotopic (exact) mass is 1120 g/mol.